The first-order chi connectivity index (χ1) is 6.99. The molecule has 2 heterocycles. The van der Waals surface area contributed by atoms with E-state index in [2.05, 4.69) is 24.2 Å². The summed E-state index contributed by atoms with van der Waals surface area (Å²) in [5, 5.41) is 3.32. The Kier molecular flexibility index (Phi) is 3.06. The Labute approximate surface area is 99.6 Å². The highest BCUT2D eigenvalue weighted by Crippen LogP contribution is 2.36. The molecule has 1 saturated heterocycles. The molecule has 2 atom stereocenters. The Morgan fingerprint density at radius 3 is 2.87 bits per heavy atom. The van der Waals surface area contributed by atoms with Gasteiger partial charge in [0, 0.05) is 11.3 Å². The highest BCUT2D eigenvalue weighted by Gasteiger charge is 2.42. The molecule has 0 aromatic carbocycles. The number of aromatic nitrogens is 1. The number of hydrogen-bond donors (Lipinski definition) is 0. The molecule has 0 saturated carbocycles. The summed E-state index contributed by atoms with van der Waals surface area (Å²) in [7, 11) is 0. The first-order valence-electron chi connectivity index (χ1n) is 5.18. The van der Waals surface area contributed by atoms with Crippen molar-refractivity contribution in [1.82, 2.24) is 4.98 Å². The van der Waals surface area contributed by atoms with Crippen LogP contribution in [-0.4, -0.2) is 22.6 Å². The topological polar surface area (TPSA) is 22.1 Å². The number of hydrogen-bond acceptors (Lipinski definition) is 3. The number of ether oxygens (including phenoxy) is 1. The van der Waals surface area contributed by atoms with E-state index in [0.29, 0.717) is 5.92 Å². The molecule has 1 fully saturated rings. The third-order valence-corrected chi connectivity index (χ3v) is 4.59. The molecule has 0 amide bonds. The average Bonchev–Trinajstić information content (AvgIpc) is 2.66. The van der Waals surface area contributed by atoms with Gasteiger partial charge in [-0.15, -0.1) is 22.9 Å². The molecule has 2 rings (SSSR count). The maximum atomic E-state index is 6.38. The number of alkyl halides is 1. The molecule has 0 bridgehead atoms. The van der Waals surface area contributed by atoms with Crippen LogP contribution in [-0.2, 0) is 11.2 Å². The first kappa shape index (κ1) is 11.4. The minimum Gasteiger partial charge on any atom is -0.374 e. The molecule has 0 radical (unpaired) electrons. The molecule has 15 heavy (non-hydrogen) atoms. The zero-order chi connectivity index (χ0) is 11.1. The maximum Gasteiger partial charge on any atom is 0.0897 e. The van der Waals surface area contributed by atoms with Crippen LogP contribution in [0.15, 0.2) is 5.38 Å². The molecule has 1 aromatic heterocycles. The predicted molar refractivity (Wildman–Crippen MR) is 63.7 cm³/mol. The fourth-order valence-corrected chi connectivity index (χ4v) is 2.84. The van der Waals surface area contributed by atoms with Gasteiger partial charge in [-0.3, -0.25) is 0 Å². The van der Waals surface area contributed by atoms with Crippen LogP contribution in [0.4, 0.5) is 0 Å². The molecule has 1 aliphatic rings. The molecular formula is C11H16ClNOS. The van der Waals surface area contributed by atoms with Gasteiger partial charge in [0.15, 0.2) is 0 Å². The van der Waals surface area contributed by atoms with Gasteiger partial charge in [-0.1, -0.05) is 0 Å². The lowest BCUT2D eigenvalue weighted by molar-refractivity contribution is 0.0365. The lowest BCUT2D eigenvalue weighted by Gasteiger charge is -2.22. The fraction of sp³-hybridized carbons (Fsp3) is 0.727. The van der Waals surface area contributed by atoms with E-state index >= 15 is 0 Å². The van der Waals surface area contributed by atoms with Gasteiger partial charge in [-0.25, -0.2) is 4.98 Å². The normalized spacial score (nSPS) is 29.6. The number of aryl methyl sites for hydroxylation is 1. The van der Waals surface area contributed by atoms with Gasteiger partial charge in [0.2, 0.25) is 0 Å². The van der Waals surface area contributed by atoms with Crippen molar-refractivity contribution in [3.8, 4) is 0 Å². The lowest BCUT2D eigenvalue weighted by Crippen LogP contribution is -2.31. The highest BCUT2D eigenvalue weighted by molar-refractivity contribution is 7.09. The van der Waals surface area contributed by atoms with E-state index < -0.39 is 0 Å². The molecule has 4 heteroatoms. The largest absolute Gasteiger partial charge is 0.374 e. The number of halogens is 1. The van der Waals surface area contributed by atoms with Crippen molar-refractivity contribution in [3.63, 3.8) is 0 Å². The van der Waals surface area contributed by atoms with Gasteiger partial charge in [-0.2, -0.15) is 0 Å². The van der Waals surface area contributed by atoms with Crippen LogP contribution >= 0.6 is 22.9 Å². The van der Waals surface area contributed by atoms with E-state index in [-0.39, 0.29) is 11.0 Å². The Morgan fingerprint density at radius 1 is 1.67 bits per heavy atom. The summed E-state index contributed by atoms with van der Waals surface area (Å²) in [4.78, 5) is 4.46. The summed E-state index contributed by atoms with van der Waals surface area (Å²) in [6, 6.07) is 0. The van der Waals surface area contributed by atoms with Gasteiger partial charge >= 0.3 is 0 Å². The van der Waals surface area contributed by atoms with Crippen LogP contribution in [0.25, 0.3) is 0 Å². The van der Waals surface area contributed by atoms with Gasteiger partial charge in [0.1, 0.15) is 0 Å². The molecular weight excluding hydrogens is 230 g/mol. The van der Waals surface area contributed by atoms with E-state index in [1.54, 1.807) is 11.3 Å². The molecule has 0 N–H and O–H groups in total. The molecule has 84 valence electrons. The van der Waals surface area contributed by atoms with Crippen LogP contribution in [0.5, 0.6) is 0 Å². The van der Waals surface area contributed by atoms with Gasteiger partial charge in [0.25, 0.3) is 0 Å². The smallest absolute Gasteiger partial charge is 0.0897 e. The summed E-state index contributed by atoms with van der Waals surface area (Å²) in [6.07, 6.45) is 0.932. The zero-order valence-electron chi connectivity index (χ0n) is 9.29. The zero-order valence-corrected chi connectivity index (χ0v) is 10.9. The third-order valence-electron chi connectivity index (χ3n) is 2.89. The third kappa shape index (κ3) is 2.35. The Balaban J connectivity index is 2.02. The Hall–Kier alpha value is -0.120. The number of nitrogens with zero attached hydrogens (tertiary/aromatic N) is 1. The minimum atomic E-state index is -0.197. The van der Waals surface area contributed by atoms with Crippen LogP contribution < -0.4 is 0 Å². The van der Waals surface area contributed by atoms with Gasteiger partial charge in [-0.05, 0) is 27.2 Å². The van der Waals surface area contributed by atoms with Gasteiger partial charge in [0.05, 0.1) is 28.3 Å². The van der Waals surface area contributed by atoms with Gasteiger partial charge < -0.3 is 4.74 Å². The standard InChI is InChI=1S/C11H16ClNOS/c1-7-13-9(6-15-7)4-8-5-14-11(2,3)10(8)12/h6,8,10H,4-5H2,1-3H3. The SMILES string of the molecule is Cc1nc(CC2COC(C)(C)C2Cl)cs1. The molecule has 0 aliphatic carbocycles. The Morgan fingerprint density at radius 2 is 2.40 bits per heavy atom. The fourth-order valence-electron chi connectivity index (χ4n) is 1.99. The summed E-state index contributed by atoms with van der Waals surface area (Å²) in [5.74, 6) is 0.392. The van der Waals surface area contributed by atoms with Crippen LogP contribution in [0.2, 0.25) is 0 Å². The van der Waals surface area contributed by atoms with Crippen LogP contribution in [0.1, 0.15) is 24.5 Å². The molecule has 2 nitrogen and oxygen atoms in total. The van der Waals surface area contributed by atoms with Crippen molar-refractivity contribution < 1.29 is 4.74 Å². The van der Waals surface area contributed by atoms with Crippen molar-refractivity contribution in [1.29, 1.82) is 0 Å². The summed E-state index contributed by atoms with van der Waals surface area (Å²) < 4.78 is 5.69. The average molecular weight is 246 g/mol. The quantitative estimate of drug-likeness (QED) is 0.748. The second-order valence-corrected chi connectivity index (χ2v) is 6.17. The molecule has 1 aromatic rings. The van der Waals surface area contributed by atoms with Crippen molar-refractivity contribution in [2.75, 3.05) is 6.61 Å². The van der Waals surface area contributed by atoms with Crippen molar-refractivity contribution in [2.45, 2.75) is 38.2 Å². The first-order valence-corrected chi connectivity index (χ1v) is 6.49. The van der Waals surface area contributed by atoms with Crippen molar-refractivity contribution >= 4 is 22.9 Å². The molecule has 2 unspecified atom stereocenters. The van der Waals surface area contributed by atoms with Crippen LogP contribution in [0.3, 0.4) is 0 Å². The van der Waals surface area contributed by atoms with E-state index in [1.165, 1.54) is 0 Å². The van der Waals surface area contributed by atoms with E-state index in [0.717, 1.165) is 23.7 Å². The molecule has 1 aliphatic heterocycles. The summed E-state index contributed by atoms with van der Waals surface area (Å²) in [5.41, 5.74) is 0.951. The summed E-state index contributed by atoms with van der Waals surface area (Å²) in [6.45, 7) is 6.88. The van der Waals surface area contributed by atoms with E-state index in [4.69, 9.17) is 16.3 Å². The second-order valence-electron chi connectivity index (χ2n) is 4.64. The highest BCUT2D eigenvalue weighted by atomic mass is 35.5. The van der Waals surface area contributed by atoms with Crippen molar-refractivity contribution in [2.24, 2.45) is 5.92 Å². The predicted octanol–water partition coefficient (Wildman–Crippen LogP) is 3.03. The summed E-state index contributed by atoms with van der Waals surface area (Å²) >= 11 is 8.07. The number of rotatable bonds is 2. The number of thiazole rings is 1. The van der Waals surface area contributed by atoms with Crippen LogP contribution in [0, 0.1) is 12.8 Å². The Bertz CT molecular complexity index is 350. The van der Waals surface area contributed by atoms with Crippen molar-refractivity contribution in [3.05, 3.63) is 16.1 Å². The lowest BCUT2D eigenvalue weighted by atomic mass is 9.94. The molecule has 0 spiro atoms. The maximum absolute atomic E-state index is 6.38. The monoisotopic (exact) mass is 245 g/mol. The van der Waals surface area contributed by atoms with E-state index in [1.807, 2.05) is 6.92 Å². The minimum absolute atomic E-state index is 0.0829. The van der Waals surface area contributed by atoms with E-state index in [9.17, 15) is 0 Å². The second kappa shape index (κ2) is 4.04.